The van der Waals surface area contributed by atoms with Crippen LogP contribution in [0.15, 0.2) is 4.60 Å². The molecule has 0 bridgehead atoms. The van der Waals surface area contributed by atoms with E-state index < -0.39 is 0 Å². The van der Waals surface area contributed by atoms with E-state index in [1.54, 1.807) is 11.3 Å². The van der Waals surface area contributed by atoms with Gasteiger partial charge in [-0.05, 0) is 43.9 Å². The van der Waals surface area contributed by atoms with Crippen molar-refractivity contribution in [1.82, 2.24) is 4.98 Å². The molecule has 0 saturated heterocycles. The summed E-state index contributed by atoms with van der Waals surface area (Å²) in [4.78, 5) is 5.62. The van der Waals surface area contributed by atoms with Crippen LogP contribution in [0, 0.1) is 3.01 Å². The molecular weight excluding hydrogens is 337 g/mol. The summed E-state index contributed by atoms with van der Waals surface area (Å²) in [7, 11) is 0. The van der Waals surface area contributed by atoms with Crippen LogP contribution in [-0.2, 0) is 5.41 Å². The van der Waals surface area contributed by atoms with Crippen LogP contribution in [0.1, 0.15) is 25.6 Å². The standard InChI is InChI=1S/C7H9BrINS/c1-7(2,3)4-5(8)10-6(9)11-4/h1-3H3. The number of thiazole rings is 1. The van der Waals surface area contributed by atoms with Crippen LogP contribution >= 0.6 is 49.9 Å². The molecule has 1 aromatic heterocycles. The molecule has 0 aliphatic heterocycles. The second-order valence-corrected chi connectivity index (χ2v) is 6.84. The van der Waals surface area contributed by atoms with Gasteiger partial charge in [-0.25, -0.2) is 4.98 Å². The molecule has 0 aromatic carbocycles. The van der Waals surface area contributed by atoms with Gasteiger partial charge >= 0.3 is 0 Å². The van der Waals surface area contributed by atoms with E-state index in [1.165, 1.54) is 4.88 Å². The molecule has 0 saturated carbocycles. The van der Waals surface area contributed by atoms with Crippen molar-refractivity contribution in [3.8, 4) is 0 Å². The summed E-state index contributed by atoms with van der Waals surface area (Å²) in [5, 5.41) is 0. The molecule has 11 heavy (non-hydrogen) atoms. The van der Waals surface area contributed by atoms with E-state index in [0.29, 0.717) is 0 Å². The van der Waals surface area contributed by atoms with Gasteiger partial charge in [-0.1, -0.05) is 20.8 Å². The minimum Gasteiger partial charge on any atom is -0.223 e. The maximum absolute atomic E-state index is 4.30. The Hall–Kier alpha value is 0.840. The van der Waals surface area contributed by atoms with Gasteiger partial charge in [-0.15, -0.1) is 11.3 Å². The lowest BCUT2D eigenvalue weighted by molar-refractivity contribution is 0.599. The van der Waals surface area contributed by atoms with E-state index in [4.69, 9.17) is 0 Å². The molecule has 62 valence electrons. The molecule has 0 atom stereocenters. The Morgan fingerprint density at radius 2 is 2.00 bits per heavy atom. The van der Waals surface area contributed by atoms with Crippen molar-refractivity contribution < 1.29 is 0 Å². The summed E-state index contributed by atoms with van der Waals surface area (Å²) in [6, 6.07) is 0. The smallest absolute Gasteiger partial charge is 0.155 e. The van der Waals surface area contributed by atoms with Crippen LogP contribution in [0.2, 0.25) is 0 Å². The third kappa shape index (κ3) is 2.39. The quantitative estimate of drug-likeness (QED) is 0.651. The van der Waals surface area contributed by atoms with Crippen LogP contribution in [0.25, 0.3) is 0 Å². The summed E-state index contributed by atoms with van der Waals surface area (Å²) in [5.74, 6) is 0. The lowest BCUT2D eigenvalue weighted by Gasteiger charge is -2.15. The molecule has 1 aromatic rings. The Morgan fingerprint density at radius 3 is 2.18 bits per heavy atom. The summed E-state index contributed by atoms with van der Waals surface area (Å²) in [5.41, 5.74) is 0.208. The Labute approximate surface area is 92.9 Å². The third-order valence-electron chi connectivity index (χ3n) is 1.24. The summed E-state index contributed by atoms with van der Waals surface area (Å²) in [6.45, 7) is 6.59. The summed E-state index contributed by atoms with van der Waals surface area (Å²) in [6.07, 6.45) is 0. The molecule has 1 rings (SSSR count). The number of nitrogens with zero attached hydrogens (tertiary/aromatic N) is 1. The van der Waals surface area contributed by atoms with Gasteiger partial charge in [0.25, 0.3) is 0 Å². The number of halogens is 2. The van der Waals surface area contributed by atoms with Gasteiger partial charge in [-0.2, -0.15) is 0 Å². The predicted octanol–water partition coefficient (Wildman–Crippen LogP) is 3.81. The number of aromatic nitrogens is 1. The molecule has 0 aliphatic rings. The molecule has 0 spiro atoms. The fourth-order valence-corrected chi connectivity index (χ4v) is 3.85. The number of rotatable bonds is 0. The highest BCUT2D eigenvalue weighted by molar-refractivity contribution is 14.1. The van der Waals surface area contributed by atoms with Gasteiger partial charge < -0.3 is 0 Å². The van der Waals surface area contributed by atoms with Gasteiger partial charge in [0, 0.05) is 4.88 Å². The van der Waals surface area contributed by atoms with Crippen LogP contribution < -0.4 is 0 Å². The first-order valence-electron chi connectivity index (χ1n) is 3.23. The van der Waals surface area contributed by atoms with Crippen molar-refractivity contribution in [2.45, 2.75) is 26.2 Å². The molecule has 0 fully saturated rings. The van der Waals surface area contributed by atoms with Crippen molar-refractivity contribution in [1.29, 1.82) is 0 Å². The first-order chi connectivity index (χ1) is 4.91. The number of hydrogen-bond acceptors (Lipinski definition) is 2. The molecule has 1 heterocycles. The first kappa shape index (κ1) is 9.92. The van der Waals surface area contributed by atoms with Crippen molar-refractivity contribution in [2.24, 2.45) is 0 Å². The zero-order valence-electron chi connectivity index (χ0n) is 6.61. The van der Waals surface area contributed by atoms with E-state index in [-0.39, 0.29) is 5.41 Å². The zero-order chi connectivity index (χ0) is 8.65. The average Bonchev–Trinajstić information content (AvgIpc) is 2.08. The van der Waals surface area contributed by atoms with Crippen molar-refractivity contribution in [3.63, 3.8) is 0 Å². The second-order valence-electron chi connectivity index (χ2n) is 3.34. The van der Waals surface area contributed by atoms with Crippen molar-refractivity contribution in [2.75, 3.05) is 0 Å². The maximum atomic E-state index is 4.30. The van der Waals surface area contributed by atoms with Crippen LogP contribution in [0.5, 0.6) is 0 Å². The Balaban J connectivity index is 3.13. The lowest BCUT2D eigenvalue weighted by Crippen LogP contribution is -2.09. The van der Waals surface area contributed by atoms with Gasteiger partial charge in [0.1, 0.15) is 4.60 Å². The molecule has 0 radical (unpaired) electrons. The van der Waals surface area contributed by atoms with E-state index >= 15 is 0 Å². The number of hydrogen-bond donors (Lipinski definition) is 0. The van der Waals surface area contributed by atoms with Crippen LogP contribution in [0.4, 0.5) is 0 Å². The highest BCUT2D eigenvalue weighted by Crippen LogP contribution is 2.34. The second kappa shape index (κ2) is 3.30. The normalized spacial score (nSPS) is 12.1. The summed E-state index contributed by atoms with van der Waals surface area (Å²) < 4.78 is 2.10. The fourth-order valence-electron chi connectivity index (χ4n) is 0.740. The van der Waals surface area contributed by atoms with Gasteiger partial charge in [0.2, 0.25) is 0 Å². The van der Waals surface area contributed by atoms with Crippen LogP contribution in [-0.4, -0.2) is 4.98 Å². The molecule has 1 nitrogen and oxygen atoms in total. The third-order valence-corrected chi connectivity index (χ3v) is 4.25. The average molecular weight is 346 g/mol. The monoisotopic (exact) mass is 345 g/mol. The predicted molar refractivity (Wildman–Crippen MR) is 61.2 cm³/mol. The molecular formula is C7H9BrINS. The molecule has 0 unspecified atom stereocenters. The van der Waals surface area contributed by atoms with E-state index in [9.17, 15) is 0 Å². The molecule has 0 amide bonds. The summed E-state index contributed by atoms with van der Waals surface area (Å²) >= 11 is 7.44. The SMILES string of the molecule is CC(C)(C)c1sc(I)nc1Br. The van der Waals surface area contributed by atoms with E-state index in [1.807, 2.05) is 0 Å². The largest absolute Gasteiger partial charge is 0.223 e. The van der Waals surface area contributed by atoms with Crippen molar-refractivity contribution >= 4 is 49.9 Å². The van der Waals surface area contributed by atoms with Gasteiger partial charge in [0.15, 0.2) is 3.01 Å². The first-order valence-corrected chi connectivity index (χ1v) is 5.92. The molecule has 4 heteroatoms. The lowest BCUT2D eigenvalue weighted by atomic mass is 9.96. The highest BCUT2D eigenvalue weighted by Gasteiger charge is 2.20. The zero-order valence-corrected chi connectivity index (χ0v) is 11.2. The highest BCUT2D eigenvalue weighted by atomic mass is 127. The van der Waals surface area contributed by atoms with E-state index in [2.05, 4.69) is 64.3 Å². The fraction of sp³-hybridized carbons (Fsp3) is 0.571. The topological polar surface area (TPSA) is 12.9 Å². The molecule has 0 aliphatic carbocycles. The van der Waals surface area contributed by atoms with Gasteiger partial charge in [-0.3, -0.25) is 0 Å². The minimum absolute atomic E-state index is 0.208. The van der Waals surface area contributed by atoms with Gasteiger partial charge in [0.05, 0.1) is 0 Å². The molecule has 0 N–H and O–H groups in total. The van der Waals surface area contributed by atoms with E-state index in [0.717, 1.165) is 7.62 Å². The minimum atomic E-state index is 0.208. The Morgan fingerprint density at radius 1 is 1.45 bits per heavy atom. The van der Waals surface area contributed by atoms with Crippen molar-refractivity contribution in [3.05, 3.63) is 12.5 Å². The Kier molecular flexibility index (Phi) is 2.98. The van der Waals surface area contributed by atoms with Crippen LogP contribution in [0.3, 0.4) is 0 Å². The Bertz CT molecular complexity index is 264. The maximum Gasteiger partial charge on any atom is 0.155 e.